The predicted octanol–water partition coefficient (Wildman–Crippen LogP) is 2.37. The van der Waals surface area contributed by atoms with E-state index in [1.165, 1.54) is 24.4 Å². The standard InChI is InChI=1S/C12H14ClN3O3S/c1-3-16-7-12(14-8(16)2)20(18,19)15-10-6-9(13)4-5-11(10)17/h4-7,15,17H,3H2,1-2H3. The molecule has 6 nitrogen and oxygen atoms in total. The second-order valence-electron chi connectivity index (χ2n) is 4.18. The van der Waals surface area contributed by atoms with Gasteiger partial charge in [-0.2, -0.15) is 8.42 Å². The maximum absolute atomic E-state index is 12.2. The fourth-order valence-electron chi connectivity index (χ4n) is 1.72. The van der Waals surface area contributed by atoms with Gasteiger partial charge < -0.3 is 9.67 Å². The Labute approximate surface area is 122 Å². The molecule has 108 valence electrons. The number of phenols is 1. The molecule has 0 spiro atoms. The van der Waals surface area contributed by atoms with Crippen molar-refractivity contribution in [2.45, 2.75) is 25.4 Å². The maximum atomic E-state index is 12.2. The highest BCUT2D eigenvalue weighted by Crippen LogP contribution is 2.28. The summed E-state index contributed by atoms with van der Waals surface area (Å²) in [6.45, 7) is 4.23. The van der Waals surface area contributed by atoms with Crippen LogP contribution >= 0.6 is 11.6 Å². The fraction of sp³-hybridized carbons (Fsp3) is 0.250. The van der Waals surface area contributed by atoms with Gasteiger partial charge in [0.25, 0.3) is 10.0 Å². The molecule has 20 heavy (non-hydrogen) atoms. The molecule has 8 heteroatoms. The van der Waals surface area contributed by atoms with Crippen LogP contribution in [0.3, 0.4) is 0 Å². The molecule has 2 rings (SSSR count). The number of imidazole rings is 1. The van der Waals surface area contributed by atoms with E-state index < -0.39 is 10.0 Å². The molecule has 0 atom stereocenters. The topological polar surface area (TPSA) is 84.2 Å². The lowest BCUT2D eigenvalue weighted by molar-refractivity contribution is 0.477. The summed E-state index contributed by atoms with van der Waals surface area (Å²) in [5.74, 6) is 0.396. The number of aromatic hydroxyl groups is 1. The van der Waals surface area contributed by atoms with E-state index in [1.54, 1.807) is 11.5 Å². The molecular weight excluding hydrogens is 302 g/mol. The molecule has 2 aromatic rings. The van der Waals surface area contributed by atoms with Crippen LogP contribution in [0.5, 0.6) is 5.75 Å². The van der Waals surface area contributed by atoms with E-state index >= 15 is 0 Å². The molecule has 0 aliphatic rings. The zero-order valence-electron chi connectivity index (χ0n) is 11.0. The van der Waals surface area contributed by atoms with Crippen molar-refractivity contribution in [2.24, 2.45) is 0 Å². The first-order valence-corrected chi connectivity index (χ1v) is 7.74. The Bertz CT molecular complexity index is 740. The van der Waals surface area contributed by atoms with E-state index in [0.29, 0.717) is 17.4 Å². The first-order valence-electron chi connectivity index (χ1n) is 5.88. The van der Waals surface area contributed by atoms with Gasteiger partial charge in [0.15, 0.2) is 5.03 Å². The van der Waals surface area contributed by atoms with Crippen LogP contribution in [0.4, 0.5) is 5.69 Å². The minimum atomic E-state index is -3.86. The first-order chi connectivity index (χ1) is 9.33. The van der Waals surface area contributed by atoms with Gasteiger partial charge in [0.1, 0.15) is 11.6 Å². The zero-order valence-corrected chi connectivity index (χ0v) is 12.5. The minimum absolute atomic E-state index is 0.0150. The van der Waals surface area contributed by atoms with Gasteiger partial charge in [0.2, 0.25) is 0 Å². The number of benzene rings is 1. The normalized spacial score (nSPS) is 11.6. The Morgan fingerprint density at radius 3 is 2.75 bits per heavy atom. The van der Waals surface area contributed by atoms with E-state index in [1.807, 2.05) is 6.92 Å². The largest absolute Gasteiger partial charge is 0.506 e. The average Bonchev–Trinajstić information content (AvgIpc) is 2.76. The fourth-order valence-corrected chi connectivity index (χ4v) is 2.96. The van der Waals surface area contributed by atoms with E-state index in [-0.39, 0.29) is 16.5 Å². The summed E-state index contributed by atoms with van der Waals surface area (Å²) in [6.07, 6.45) is 1.44. The highest BCUT2D eigenvalue weighted by atomic mass is 35.5. The van der Waals surface area contributed by atoms with E-state index in [9.17, 15) is 13.5 Å². The number of nitrogens with zero attached hydrogens (tertiary/aromatic N) is 2. The van der Waals surface area contributed by atoms with Gasteiger partial charge in [-0.1, -0.05) is 11.6 Å². The lowest BCUT2D eigenvalue weighted by Gasteiger charge is -2.07. The van der Waals surface area contributed by atoms with Gasteiger partial charge in [0, 0.05) is 17.8 Å². The molecule has 2 N–H and O–H groups in total. The molecule has 0 aliphatic carbocycles. The van der Waals surface area contributed by atoms with Gasteiger partial charge in [-0.05, 0) is 32.0 Å². The van der Waals surface area contributed by atoms with Crippen molar-refractivity contribution in [1.29, 1.82) is 0 Å². The highest BCUT2D eigenvalue weighted by molar-refractivity contribution is 7.92. The van der Waals surface area contributed by atoms with E-state index in [4.69, 9.17) is 11.6 Å². The molecule has 0 fully saturated rings. The molecular formula is C12H14ClN3O3S. The number of hydrogen-bond donors (Lipinski definition) is 2. The molecule has 0 saturated heterocycles. The van der Waals surface area contributed by atoms with Crippen LogP contribution in [0, 0.1) is 6.92 Å². The Hall–Kier alpha value is -1.73. The number of sulfonamides is 1. The van der Waals surface area contributed by atoms with Gasteiger partial charge in [0.05, 0.1) is 5.69 Å². The van der Waals surface area contributed by atoms with Crippen molar-refractivity contribution in [2.75, 3.05) is 4.72 Å². The van der Waals surface area contributed by atoms with E-state index in [0.717, 1.165) is 0 Å². The quantitative estimate of drug-likeness (QED) is 0.848. The van der Waals surface area contributed by atoms with Crippen LogP contribution in [0.15, 0.2) is 29.4 Å². The molecule has 1 heterocycles. The summed E-state index contributed by atoms with van der Waals surface area (Å²) in [7, 11) is -3.86. The number of rotatable bonds is 4. The number of hydrogen-bond acceptors (Lipinski definition) is 4. The lowest BCUT2D eigenvalue weighted by Crippen LogP contribution is -2.13. The third-order valence-electron chi connectivity index (χ3n) is 2.77. The molecule has 0 aliphatic heterocycles. The van der Waals surface area contributed by atoms with Crippen molar-refractivity contribution in [3.8, 4) is 5.75 Å². The van der Waals surface area contributed by atoms with Gasteiger partial charge >= 0.3 is 0 Å². The molecule has 0 saturated carbocycles. The van der Waals surface area contributed by atoms with Crippen LogP contribution in [-0.2, 0) is 16.6 Å². The minimum Gasteiger partial charge on any atom is -0.506 e. The van der Waals surface area contributed by atoms with Crippen LogP contribution in [0.25, 0.3) is 0 Å². The number of phenolic OH excluding ortho intramolecular Hbond substituents is 1. The second-order valence-corrected chi connectivity index (χ2v) is 6.25. The van der Waals surface area contributed by atoms with Crippen molar-refractivity contribution in [1.82, 2.24) is 9.55 Å². The summed E-state index contributed by atoms with van der Waals surface area (Å²) in [6, 6.07) is 4.11. The molecule has 0 bridgehead atoms. The van der Waals surface area contributed by atoms with Crippen molar-refractivity contribution < 1.29 is 13.5 Å². The smallest absolute Gasteiger partial charge is 0.281 e. The van der Waals surface area contributed by atoms with Crippen LogP contribution in [0.2, 0.25) is 5.02 Å². The van der Waals surface area contributed by atoms with Crippen molar-refractivity contribution in [3.05, 3.63) is 35.2 Å². The van der Waals surface area contributed by atoms with Gasteiger partial charge in [-0.15, -0.1) is 0 Å². The zero-order chi connectivity index (χ0) is 14.9. The summed E-state index contributed by atoms with van der Waals surface area (Å²) in [5, 5.41) is 9.85. The molecule has 0 unspecified atom stereocenters. The predicted molar refractivity (Wildman–Crippen MR) is 76.6 cm³/mol. The van der Waals surface area contributed by atoms with Crippen molar-refractivity contribution >= 4 is 27.3 Å². The third-order valence-corrected chi connectivity index (χ3v) is 4.24. The van der Waals surface area contributed by atoms with Crippen LogP contribution in [-0.4, -0.2) is 23.1 Å². The SMILES string of the molecule is CCn1cc(S(=O)(=O)Nc2cc(Cl)ccc2O)nc1C. The van der Waals surface area contributed by atoms with Crippen molar-refractivity contribution in [3.63, 3.8) is 0 Å². The molecule has 1 aromatic heterocycles. The number of anilines is 1. The van der Waals surface area contributed by atoms with Crippen LogP contribution < -0.4 is 4.72 Å². The molecule has 0 amide bonds. The Balaban J connectivity index is 2.37. The molecule has 0 radical (unpaired) electrons. The summed E-state index contributed by atoms with van der Waals surface area (Å²) >= 11 is 5.78. The third kappa shape index (κ3) is 2.88. The second kappa shape index (κ2) is 5.34. The maximum Gasteiger partial charge on any atom is 0.281 e. The van der Waals surface area contributed by atoms with Crippen LogP contribution in [0.1, 0.15) is 12.7 Å². The summed E-state index contributed by atoms with van der Waals surface area (Å²) < 4.78 is 28.4. The van der Waals surface area contributed by atoms with Gasteiger partial charge in [-0.3, -0.25) is 4.72 Å². The number of aryl methyl sites for hydroxylation is 2. The average molecular weight is 316 g/mol. The highest BCUT2D eigenvalue weighted by Gasteiger charge is 2.20. The number of halogens is 1. The number of aromatic nitrogens is 2. The van der Waals surface area contributed by atoms with Gasteiger partial charge in [-0.25, -0.2) is 4.98 Å². The monoisotopic (exact) mass is 315 g/mol. The Morgan fingerprint density at radius 2 is 2.15 bits per heavy atom. The summed E-state index contributed by atoms with van der Waals surface area (Å²) in [5.41, 5.74) is 0.0150. The first kappa shape index (κ1) is 14.7. The molecule has 1 aromatic carbocycles. The van der Waals surface area contributed by atoms with E-state index in [2.05, 4.69) is 9.71 Å². The number of nitrogens with one attached hydrogen (secondary N) is 1. The Kier molecular flexibility index (Phi) is 3.92. The lowest BCUT2D eigenvalue weighted by atomic mass is 10.3. The summed E-state index contributed by atoms with van der Waals surface area (Å²) in [4.78, 5) is 4.00. The Morgan fingerprint density at radius 1 is 1.45 bits per heavy atom.